The lowest BCUT2D eigenvalue weighted by atomic mass is 9.81. The fourth-order valence-electron chi connectivity index (χ4n) is 5.99. The molecule has 6 rings (SSSR count). The number of hydrogen-bond donors (Lipinski definition) is 2. The van der Waals surface area contributed by atoms with Crippen LogP contribution < -0.4 is 0 Å². The van der Waals surface area contributed by atoms with E-state index in [0.29, 0.717) is 32.8 Å². The quantitative estimate of drug-likeness (QED) is 0.585. The van der Waals surface area contributed by atoms with Gasteiger partial charge in [-0.2, -0.15) is 0 Å². The van der Waals surface area contributed by atoms with Gasteiger partial charge in [-0.25, -0.2) is 0 Å². The lowest BCUT2D eigenvalue weighted by Crippen LogP contribution is -2.73. The highest BCUT2D eigenvalue weighted by Crippen LogP contribution is 2.49. The van der Waals surface area contributed by atoms with Crippen LogP contribution in [0.15, 0.2) is 60.7 Å². The summed E-state index contributed by atoms with van der Waals surface area (Å²) < 4.78 is 36.9. The van der Waals surface area contributed by atoms with E-state index in [0.717, 1.165) is 24.0 Å². The SMILES string of the molecule is O[C@@]12C[C@@H]3O[C@H](COCc4ccccc4)[C@@H](OCc4ccccc4)C[C@H]3O[C@@]1(O)C[C@H]1OCCC[C@@H]1O2. The van der Waals surface area contributed by atoms with E-state index in [9.17, 15) is 10.2 Å². The first-order valence-corrected chi connectivity index (χ1v) is 13.4. The molecule has 2 aromatic carbocycles. The molecule has 200 valence electrons. The second-order valence-electron chi connectivity index (χ2n) is 10.6. The van der Waals surface area contributed by atoms with Crippen LogP contribution >= 0.6 is 0 Å². The standard InChI is InChI=1S/C29H36O8/c30-28-15-25-22(12-7-13-33-25)36-29(28,31)16-26-24(37-28)14-23(34-18-21-10-5-2-6-11-21)27(35-26)19-32-17-20-8-3-1-4-9-20/h1-6,8-11,22-27,30-31H,7,12-19H2/t22-,23-,24+,25+,26-,27+,28-,29+/m0/s1. The van der Waals surface area contributed by atoms with E-state index >= 15 is 0 Å². The van der Waals surface area contributed by atoms with Crippen LogP contribution in [0.1, 0.15) is 43.2 Å². The summed E-state index contributed by atoms with van der Waals surface area (Å²) in [4.78, 5) is 0. The van der Waals surface area contributed by atoms with Crippen molar-refractivity contribution in [1.82, 2.24) is 0 Å². The second-order valence-corrected chi connectivity index (χ2v) is 10.6. The first-order chi connectivity index (χ1) is 18.0. The van der Waals surface area contributed by atoms with Gasteiger partial charge in [0.2, 0.25) is 11.6 Å². The molecule has 2 N–H and O–H groups in total. The third-order valence-corrected chi connectivity index (χ3v) is 7.98. The highest BCUT2D eigenvalue weighted by molar-refractivity contribution is 5.14. The molecule has 4 fully saturated rings. The summed E-state index contributed by atoms with van der Waals surface area (Å²) in [7, 11) is 0. The number of benzene rings is 2. The summed E-state index contributed by atoms with van der Waals surface area (Å²) in [6.07, 6.45) is 0.256. The lowest BCUT2D eigenvalue weighted by molar-refractivity contribution is -0.476. The summed E-state index contributed by atoms with van der Waals surface area (Å²) in [6, 6.07) is 20.0. The van der Waals surface area contributed by atoms with E-state index in [-0.39, 0.29) is 37.3 Å². The summed E-state index contributed by atoms with van der Waals surface area (Å²) in [5.41, 5.74) is 2.14. The Balaban J connectivity index is 1.16. The van der Waals surface area contributed by atoms with Crippen LogP contribution in [-0.4, -0.2) is 71.6 Å². The molecule has 0 amide bonds. The molecule has 8 nitrogen and oxygen atoms in total. The Labute approximate surface area is 217 Å². The average Bonchev–Trinajstić information content (AvgIpc) is 2.91. The zero-order valence-corrected chi connectivity index (χ0v) is 20.9. The molecule has 4 saturated heterocycles. The van der Waals surface area contributed by atoms with E-state index in [1.54, 1.807) is 0 Å². The maximum atomic E-state index is 11.5. The van der Waals surface area contributed by atoms with Crippen molar-refractivity contribution in [3.8, 4) is 0 Å². The lowest BCUT2D eigenvalue weighted by Gasteiger charge is -2.58. The van der Waals surface area contributed by atoms with Gasteiger partial charge in [-0.05, 0) is 24.0 Å². The molecule has 0 spiro atoms. The molecular formula is C29H36O8. The molecule has 4 aliphatic heterocycles. The van der Waals surface area contributed by atoms with Crippen LogP contribution in [-0.2, 0) is 41.6 Å². The van der Waals surface area contributed by atoms with Crippen LogP contribution in [0.2, 0.25) is 0 Å². The molecule has 8 heteroatoms. The predicted molar refractivity (Wildman–Crippen MR) is 132 cm³/mol. The van der Waals surface area contributed by atoms with Crippen LogP contribution in [0.5, 0.6) is 0 Å². The van der Waals surface area contributed by atoms with E-state index in [4.69, 9.17) is 28.4 Å². The van der Waals surface area contributed by atoms with Crippen LogP contribution in [0.4, 0.5) is 0 Å². The minimum atomic E-state index is -1.86. The molecule has 0 saturated carbocycles. The van der Waals surface area contributed by atoms with Gasteiger partial charge in [-0.15, -0.1) is 0 Å². The Kier molecular flexibility index (Phi) is 7.35. The van der Waals surface area contributed by atoms with Gasteiger partial charge in [0.1, 0.15) is 6.10 Å². The minimum absolute atomic E-state index is 0.109. The Morgan fingerprint density at radius 2 is 1.43 bits per heavy atom. The van der Waals surface area contributed by atoms with Crippen LogP contribution in [0.3, 0.4) is 0 Å². The molecule has 0 unspecified atom stereocenters. The maximum Gasteiger partial charge on any atom is 0.224 e. The van der Waals surface area contributed by atoms with Crippen LogP contribution in [0, 0.1) is 0 Å². The normalized spacial score (nSPS) is 39.3. The van der Waals surface area contributed by atoms with Crippen molar-refractivity contribution in [3.05, 3.63) is 71.8 Å². The van der Waals surface area contributed by atoms with Crippen molar-refractivity contribution in [2.24, 2.45) is 0 Å². The van der Waals surface area contributed by atoms with Crippen molar-refractivity contribution < 1.29 is 38.6 Å². The third kappa shape index (κ3) is 5.35. The van der Waals surface area contributed by atoms with Gasteiger partial charge >= 0.3 is 0 Å². The third-order valence-electron chi connectivity index (χ3n) is 7.98. The minimum Gasteiger partial charge on any atom is -0.375 e. The monoisotopic (exact) mass is 512 g/mol. The topological polar surface area (TPSA) is 95.8 Å². The molecule has 0 aromatic heterocycles. The van der Waals surface area contributed by atoms with Crippen LogP contribution in [0.25, 0.3) is 0 Å². The number of aliphatic hydroxyl groups is 2. The van der Waals surface area contributed by atoms with Gasteiger partial charge in [0.05, 0.1) is 50.3 Å². The van der Waals surface area contributed by atoms with Gasteiger partial charge in [0, 0.05) is 25.9 Å². The Morgan fingerprint density at radius 3 is 2.16 bits per heavy atom. The van der Waals surface area contributed by atoms with Gasteiger partial charge in [-0.1, -0.05) is 60.7 Å². The molecule has 4 heterocycles. The van der Waals surface area contributed by atoms with E-state index in [2.05, 4.69) is 0 Å². The summed E-state index contributed by atoms with van der Waals surface area (Å²) in [5.74, 6) is -3.72. The number of rotatable bonds is 7. The van der Waals surface area contributed by atoms with Crippen molar-refractivity contribution >= 4 is 0 Å². The molecule has 0 bridgehead atoms. The Morgan fingerprint density at radius 1 is 0.784 bits per heavy atom. The van der Waals surface area contributed by atoms with Crippen molar-refractivity contribution in [2.45, 2.75) is 93.5 Å². The van der Waals surface area contributed by atoms with Gasteiger partial charge < -0.3 is 38.6 Å². The predicted octanol–water partition coefficient (Wildman–Crippen LogP) is 3.08. The highest BCUT2D eigenvalue weighted by atomic mass is 16.7. The van der Waals surface area contributed by atoms with Gasteiger partial charge in [0.25, 0.3) is 0 Å². The second kappa shape index (κ2) is 10.7. The zero-order valence-electron chi connectivity index (χ0n) is 20.9. The molecule has 4 aliphatic rings. The highest BCUT2D eigenvalue weighted by Gasteiger charge is 2.66. The number of hydrogen-bond acceptors (Lipinski definition) is 8. The summed E-state index contributed by atoms with van der Waals surface area (Å²) in [6.45, 7) is 1.84. The zero-order chi connectivity index (χ0) is 25.3. The van der Waals surface area contributed by atoms with Crippen molar-refractivity contribution in [2.75, 3.05) is 13.2 Å². The molecule has 2 aromatic rings. The smallest absolute Gasteiger partial charge is 0.224 e. The fraction of sp³-hybridized carbons (Fsp3) is 0.586. The van der Waals surface area contributed by atoms with Crippen molar-refractivity contribution in [1.29, 1.82) is 0 Å². The largest absolute Gasteiger partial charge is 0.375 e. The Hall–Kier alpha value is -1.88. The van der Waals surface area contributed by atoms with E-state index < -0.39 is 23.8 Å². The number of ether oxygens (including phenoxy) is 6. The molecule has 37 heavy (non-hydrogen) atoms. The first kappa shape index (κ1) is 25.4. The molecule has 8 atom stereocenters. The number of fused-ring (bicyclic) bond motifs is 3. The van der Waals surface area contributed by atoms with Crippen molar-refractivity contribution in [3.63, 3.8) is 0 Å². The first-order valence-electron chi connectivity index (χ1n) is 13.4. The van der Waals surface area contributed by atoms with Gasteiger partial charge in [0.15, 0.2) is 0 Å². The van der Waals surface area contributed by atoms with E-state index in [1.807, 2.05) is 60.7 Å². The summed E-state index contributed by atoms with van der Waals surface area (Å²) >= 11 is 0. The Bertz CT molecular complexity index is 1020. The molecular weight excluding hydrogens is 476 g/mol. The molecule has 0 radical (unpaired) electrons. The molecule has 0 aliphatic carbocycles. The summed E-state index contributed by atoms with van der Waals surface area (Å²) in [5, 5.41) is 22.9. The fourth-order valence-corrected chi connectivity index (χ4v) is 5.99. The van der Waals surface area contributed by atoms with Gasteiger partial charge in [-0.3, -0.25) is 0 Å². The van der Waals surface area contributed by atoms with E-state index in [1.165, 1.54) is 0 Å². The maximum absolute atomic E-state index is 11.5. The average molecular weight is 513 g/mol.